The molecule has 3 aromatic rings. The fraction of sp³-hybridized carbons (Fsp3) is 0.0909. The number of nitrogens with zero attached hydrogens (tertiary/aromatic N) is 3. The zero-order valence-electron chi connectivity index (χ0n) is 8.21. The Hall–Kier alpha value is -1.68. The van der Waals surface area contributed by atoms with Crippen LogP contribution in [0.3, 0.4) is 0 Å². The molecular weight excluding hydrogens is 206 g/mol. The zero-order chi connectivity index (χ0) is 10.3. The predicted molar refractivity (Wildman–Crippen MR) is 61.8 cm³/mol. The van der Waals surface area contributed by atoms with Gasteiger partial charge in [0, 0.05) is 13.2 Å². The second kappa shape index (κ2) is 3.17. The topological polar surface area (TPSA) is 30.7 Å². The highest BCUT2D eigenvalue weighted by molar-refractivity contribution is 7.13. The molecule has 0 spiro atoms. The third-order valence-corrected chi connectivity index (χ3v) is 3.26. The Bertz CT molecular complexity index is 595. The third kappa shape index (κ3) is 1.26. The first-order valence-corrected chi connectivity index (χ1v) is 5.55. The van der Waals surface area contributed by atoms with E-state index in [9.17, 15) is 0 Å². The van der Waals surface area contributed by atoms with Crippen molar-refractivity contribution in [2.75, 3.05) is 0 Å². The van der Waals surface area contributed by atoms with Crippen molar-refractivity contribution in [2.24, 2.45) is 7.05 Å². The summed E-state index contributed by atoms with van der Waals surface area (Å²) in [5.74, 6) is 0.985. The van der Waals surface area contributed by atoms with Gasteiger partial charge in [-0.25, -0.2) is 9.97 Å². The van der Waals surface area contributed by atoms with Gasteiger partial charge in [-0.2, -0.15) is 0 Å². The number of imidazole rings is 1. The van der Waals surface area contributed by atoms with Crippen LogP contribution in [0.5, 0.6) is 0 Å². The molecule has 4 heteroatoms. The third-order valence-electron chi connectivity index (χ3n) is 2.40. The molecule has 0 saturated carbocycles. The van der Waals surface area contributed by atoms with Gasteiger partial charge in [-0.3, -0.25) is 0 Å². The van der Waals surface area contributed by atoms with Crippen molar-refractivity contribution in [1.82, 2.24) is 14.5 Å². The first-order valence-electron chi connectivity index (χ1n) is 4.67. The van der Waals surface area contributed by atoms with Gasteiger partial charge in [0.1, 0.15) is 0 Å². The van der Waals surface area contributed by atoms with Crippen LogP contribution in [-0.4, -0.2) is 14.5 Å². The lowest BCUT2D eigenvalue weighted by atomic mass is 10.4. The van der Waals surface area contributed by atoms with Crippen molar-refractivity contribution < 1.29 is 0 Å². The molecule has 0 amide bonds. The van der Waals surface area contributed by atoms with Gasteiger partial charge in [0.15, 0.2) is 11.5 Å². The maximum atomic E-state index is 4.52. The summed E-state index contributed by atoms with van der Waals surface area (Å²) < 4.78 is 2.08. The number of aryl methyl sites for hydroxylation is 1. The molecule has 3 aromatic heterocycles. The molecule has 0 aliphatic carbocycles. The number of aromatic nitrogens is 3. The van der Waals surface area contributed by atoms with Gasteiger partial charge in [-0.05, 0) is 23.6 Å². The molecule has 0 aliphatic heterocycles. The van der Waals surface area contributed by atoms with E-state index in [2.05, 4.69) is 26.0 Å². The van der Waals surface area contributed by atoms with E-state index >= 15 is 0 Å². The second-order valence-corrected chi connectivity index (χ2v) is 4.27. The quantitative estimate of drug-likeness (QED) is 0.625. The minimum absolute atomic E-state index is 0.809. The van der Waals surface area contributed by atoms with Crippen molar-refractivity contribution in [3.63, 3.8) is 0 Å². The van der Waals surface area contributed by atoms with Crippen LogP contribution >= 0.6 is 11.3 Å². The summed E-state index contributed by atoms with van der Waals surface area (Å²) in [6.45, 7) is 0. The van der Waals surface area contributed by atoms with Crippen LogP contribution in [0.15, 0.2) is 35.8 Å². The fourth-order valence-electron chi connectivity index (χ4n) is 1.65. The molecule has 0 bridgehead atoms. The summed E-state index contributed by atoms with van der Waals surface area (Å²) in [6.07, 6.45) is 1.77. The van der Waals surface area contributed by atoms with Crippen LogP contribution < -0.4 is 0 Å². The molecule has 15 heavy (non-hydrogen) atoms. The Kier molecular flexibility index (Phi) is 1.82. The number of hydrogen-bond acceptors (Lipinski definition) is 3. The van der Waals surface area contributed by atoms with Crippen LogP contribution in [-0.2, 0) is 7.05 Å². The van der Waals surface area contributed by atoms with Gasteiger partial charge in [-0.1, -0.05) is 6.07 Å². The maximum absolute atomic E-state index is 4.52. The van der Waals surface area contributed by atoms with Crippen LogP contribution in [0.25, 0.3) is 21.9 Å². The van der Waals surface area contributed by atoms with Gasteiger partial charge >= 0.3 is 0 Å². The average Bonchev–Trinajstić information content (AvgIpc) is 2.87. The molecule has 0 saturated heterocycles. The molecule has 0 aliphatic rings. The monoisotopic (exact) mass is 215 g/mol. The van der Waals surface area contributed by atoms with Gasteiger partial charge in [0.05, 0.1) is 10.4 Å². The van der Waals surface area contributed by atoms with Crippen LogP contribution in [0, 0.1) is 0 Å². The summed E-state index contributed by atoms with van der Waals surface area (Å²) >= 11 is 1.69. The van der Waals surface area contributed by atoms with Gasteiger partial charge < -0.3 is 4.57 Å². The standard InChI is InChI=1S/C11H9N3S/c1-14-8-4-2-6-12-10(8)13-11(14)9-5-3-7-15-9/h2-7H,1H3. The number of fused-ring (bicyclic) bond motifs is 1. The molecule has 0 atom stereocenters. The van der Waals surface area contributed by atoms with E-state index in [0.29, 0.717) is 0 Å². The number of thiophene rings is 1. The van der Waals surface area contributed by atoms with Crippen molar-refractivity contribution in [3.8, 4) is 10.7 Å². The lowest BCUT2D eigenvalue weighted by Crippen LogP contribution is -1.89. The Balaban J connectivity index is 2.33. The van der Waals surface area contributed by atoms with Crippen LogP contribution in [0.4, 0.5) is 0 Å². The van der Waals surface area contributed by atoms with E-state index in [4.69, 9.17) is 0 Å². The Morgan fingerprint density at radius 3 is 2.93 bits per heavy atom. The molecular formula is C11H9N3S. The Morgan fingerprint density at radius 1 is 1.27 bits per heavy atom. The van der Waals surface area contributed by atoms with Gasteiger partial charge in [-0.15, -0.1) is 11.3 Å². The SMILES string of the molecule is Cn1c(-c2cccs2)nc2ncccc21. The predicted octanol–water partition coefficient (Wildman–Crippen LogP) is 2.70. The molecule has 3 nitrogen and oxygen atoms in total. The highest BCUT2D eigenvalue weighted by Gasteiger charge is 2.10. The Labute approximate surface area is 91.0 Å². The van der Waals surface area contributed by atoms with E-state index in [1.54, 1.807) is 17.5 Å². The summed E-state index contributed by atoms with van der Waals surface area (Å²) in [5, 5.41) is 2.06. The van der Waals surface area contributed by atoms with Crippen LogP contribution in [0.1, 0.15) is 0 Å². The first-order chi connectivity index (χ1) is 7.36. The highest BCUT2D eigenvalue weighted by Crippen LogP contribution is 2.25. The maximum Gasteiger partial charge on any atom is 0.178 e. The zero-order valence-corrected chi connectivity index (χ0v) is 9.03. The highest BCUT2D eigenvalue weighted by atomic mass is 32.1. The van der Waals surface area contributed by atoms with E-state index in [0.717, 1.165) is 17.0 Å². The average molecular weight is 215 g/mol. The fourth-order valence-corrected chi connectivity index (χ4v) is 2.40. The molecule has 0 N–H and O–H groups in total. The smallest absolute Gasteiger partial charge is 0.178 e. The first kappa shape index (κ1) is 8.61. The number of hydrogen-bond donors (Lipinski definition) is 0. The van der Waals surface area contributed by atoms with E-state index in [1.165, 1.54) is 4.88 Å². The van der Waals surface area contributed by atoms with E-state index in [-0.39, 0.29) is 0 Å². The molecule has 0 fully saturated rings. The number of rotatable bonds is 1. The summed E-state index contributed by atoms with van der Waals surface area (Å²) in [6, 6.07) is 8.08. The Morgan fingerprint density at radius 2 is 2.20 bits per heavy atom. The second-order valence-electron chi connectivity index (χ2n) is 3.32. The lowest BCUT2D eigenvalue weighted by Gasteiger charge is -1.97. The van der Waals surface area contributed by atoms with Crippen molar-refractivity contribution in [1.29, 1.82) is 0 Å². The van der Waals surface area contributed by atoms with Gasteiger partial charge in [0.25, 0.3) is 0 Å². The molecule has 3 rings (SSSR count). The van der Waals surface area contributed by atoms with Crippen molar-refractivity contribution >= 4 is 22.5 Å². The summed E-state index contributed by atoms with van der Waals surface area (Å²) in [7, 11) is 2.02. The lowest BCUT2D eigenvalue weighted by molar-refractivity contribution is 0.963. The molecule has 0 aromatic carbocycles. The molecule has 3 heterocycles. The van der Waals surface area contributed by atoms with E-state index < -0.39 is 0 Å². The van der Waals surface area contributed by atoms with Crippen molar-refractivity contribution in [3.05, 3.63) is 35.8 Å². The van der Waals surface area contributed by atoms with Crippen LogP contribution in [0.2, 0.25) is 0 Å². The number of pyridine rings is 1. The van der Waals surface area contributed by atoms with Crippen molar-refractivity contribution in [2.45, 2.75) is 0 Å². The van der Waals surface area contributed by atoms with E-state index in [1.807, 2.05) is 25.2 Å². The molecule has 0 unspecified atom stereocenters. The minimum atomic E-state index is 0.809. The summed E-state index contributed by atoms with van der Waals surface area (Å²) in [4.78, 5) is 9.94. The summed E-state index contributed by atoms with van der Waals surface area (Å²) in [5.41, 5.74) is 1.88. The molecule has 74 valence electrons. The minimum Gasteiger partial charge on any atom is -0.325 e. The molecule has 0 radical (unpaired) electrons. The van der Waals surface area contributed by atoms with Gasteiger partial charge in [0.2, 0.25) is 0 Å². The largest absolute Gasteiger partial charge is 0.325 e. The normalized spacial score (nSPS) is 11.0.